The van der Waals surface area contributed by atoms with Gasteiger partial charge in [0, 0.05) is 11.0 Å². The number of thiol groups is 1. The van der Waals surface area contributed by atoms with Gasteiger partial charge >= 0.3 is 5.69 Å². The van der Waals surface area contributed by atoms with Crippen molar-refractivity contribution in [3.63, 3.8) is 0 Å². The van der Waals surface area contributed by atoms with Gasteiger partial charge in [-0.2, -0.15) is 5.26 Å². The Labute approximate surface area is 85.5 Å². The molecular weight excluding hydrogens is 204 g/mol. The molecule has 0 unspecified atom stereocenters. The molecule has 0 aromatic heterocycles. The summed E-state index contributed by atoms with van der Waals surface area (Å²) in [6.45, 7) is 0. The highest BCUT2D eigenvalue weighted by atomic mass is 32.1. The van der Waals surface area contributed by atoms with E-state index < -0.39 is 4.92 Å². The quantitative estimate of drug-likeness (QED) is 0.458. The van der Waals surface area contributed by atoms with Crippen molar-refractivity contribution in [3.05, 3.63) is 27.8 Å². The largest absolute Gasteiger partial charge is 0.489 e. The lowest BCUT2D eigenvalue weighted by molar-refractivity contribution is -0.385. The summed E-state index contributed by atoms with van der Waals surface area (Å²) in [5, 5.41) is 19.3. The fourth-order valence-corrected chi connectivity index (χ4v) is 1.25. The number of methoxy groups -OCH3 is 1. The van der Waals surface area contributed by atoms with Gasteiger partial charge in [-0.15, -0.1) is 12.6 Å². The predicted octanol–water partition coefficient (Wildman–Crippen LogP) is 1.76. The molecule has 0 amide bonds. The molecule has 0 spiro atoms. The summed E-state index contributed by atoms with van der Waals surface area (Å²) >= 11 is 3.99. The Bertz CT molecular complexity index is 425. The number of nitriles is 1. The Morgan fingerprint density at radius 1 is 1.64 bits per heavy atom. The first kappa shape index (κ1) is 10.3. The van der Waals surface area contributed by atoms with Crippen molar-refractivity contribution in [2.75, 3.05) is 7.11 Å². The maximum atomic E-state index is 10.6. The fourth-order valence-electron chi connectivity index (χ4n) is 1.02. The van der Waals surface area contributed by atoms with Crippen molar-refractivity contribution in [1.82, 2.24) is 0 Å². The summed E-state index contributed by atoms with van der Waals surface area (Å²) in [5.74, 6) is -0.0509. The van der Waals surface area contributed by atoms with Crippen LogP contribution in [0, 0.1) is 21.4 Å². The van der Waals surface area contributed by atoms with Gasteiger partial charge in [0.2, 0.25) is 5.75 Å². The summed E-state index contributed by atoms with van der Waals surface area (Å²) in [7, 11) is 1.27. The zero-order chi connectivity index (χ0) is 10.7. The molecule has 0 atom stereocenters. The van der Waals surface area contributed by atoms with Gasteiger partial charge in [0.25, 0.3) is 0 Å². The Hall–Kier alpha value is -1.74. The first-order chi connectivity index (χ1) is 6.61. The van der Waals surface area contributed by atoms with E-state index in [1.165, 1.54) is 19.2 Å². The summed E-state index contributed by atoms with van der Waals surface area (Å²) in [6.07, 6.45) is 0. The number of hydrogen-bond acceptors (Lipinski definition) is 5. The Kier molecular flexibility index (Phi) is 2.94. The molecule has 0 heterocycles. The van der Waals surface area contributed by atoms with E-state index in [2.05, 4.69) is 12.6 Å². The van der Waals surface area contributed by atoms with Gasteiger partial charge < -0.3 is 4.74 Å². The van der Waals surface area contributed by atoms with Gasteiger partial charge in [0.15, 0.2) is 0 Å². The summed E-state index contributed by atoms with van der Waals surface area (Å²) in [6, 6.07) is 4.45. The van der Waals surface area contributed by atoms with Gasteiger partial charge in [-0.05, 0) is 6.07 Å². The third-order valence-corrected chi connectivity index (χ3v) is 2.00. The number of nitro benzene ring substituents is 1. The molecule has 1 rings (SSSR count). The van der Waals surface area contributed by atoms with Gasteiger partial charge in [-0.1, -0.05) is 0 Å². The average Bonchev–Trinajstić information content (AvgIpc) is 2.16. The molecule has 6 heteroatoms. The second kappa shape index (κ2) is 3.98. The van der Waals surface area contributed by atoms with Crippen LogP contribution in [0.25, 0.3) is 0 Å². The van der Waals surface area contributed by atoms with Gasteiger partial charge in [-0.25, -0.2) is 0 Å². The lowest BCUT2D eigenvalue weighted by atomic mass is 10.2. The molecule has 1 aromatic carbocycles. The summed E-state index contributed by atoms with van der Waals surface area (Å²) in [5.41, 5.74) is -0.160. The topological polar surface area (TPSA) is 76.2 Å². The van der Waals surface area contributed by atoms with E-state index >= 15 is 0 Å². The number of rotatable bonds is 2. The van der Waals surface area contributed by atoms with E-state index in [9.17, 15) is 10.1 Å². The third-order valence-electron chi connectivity index (χ3n) is 1.63. The van der Waals surface area contributed by atoms with E-state index in [1.807, 2.05) is 0 Å². The Morgan fingerprint density at radius 2 is 2.29 bits per heavy atom. The highest BCUT2D eigenvalue weighted by molar-refractivity contribution is 7.80. The minimum atomic E-state index is -0.604. The highest BCUT2D eigenvalue weighted by Crippen LogP contribution is 2.33. The molecule has 0 bridgehead atoms. The van der Waals surface area contributed by atoms with Crippen LogP contribution < -0.4 is 4.74 Å². The first-order valence-electron chi connectivity index (χ1n) is 3.56. The van der Waals surface area contributed by atoms with Crippen molar-refractivity contribution < 1.29 is 9.66 Å². The van der Waals surface area contributed by atoms with E-state index in [0.29, 0.717) is 4.90 Å². The number of nitro groups is 1. The molecule has 72 valence electrons. The Morgan fingerprint density at radius 3 is 2.71 bits per heavy atom. The highest BCUT2D eigenvalue weighted by Gasteiger charge is 2.20. The molecule has 0 saturated heterocycles. The van der Waals surface area contributed by atoms with E-state index in [1.54, 1.807) is 6.07 Å². The zero-order valence-corrected chi connectivity index (χ0v) is 8.12. The van der Waals surface area contributed by atoms with E-state index in [0.717, 1.165) is 0 Å². The van der Waals surface area contributed by atoms with Crippen molar-refractivity contribution in [3.8, 4) is 11.8 Å². The van der Waals surface area contributed by atoms with Crippen LogP contribution in [-0.2, 0) is 0 Å². The third kappa shape index (κ3) is 1.63. The lowest BCUT2D eigenvalue weighted by Crippen LogP contribution is -1.96. The SMILES string of the molecule is COc1c([N+](=O)[O-])ccc(S)c1C#N. The van der Waals surface area contributed by atoms with Gasteiger partial charge in [0.05, 0.1) is 12.0 Å². The smallest absolute Gasteiger partial charge is 0.312 e. The monoisotopic (exact) mass is 210 g/mol. The maximum Gasteiger partial charge on any atom is 0.312 e. The van der Waals surface area contributed by atoms with Gasteiger partial charge in [0.1, 0.15) is 11.6 Å². The average molecular weight is 210 g/mol. The van der Waals surface area contributed by atoms with Crippen LogP contribution in [0.1, 0.15) is 5.56 Å². The van der Waals surface area contributed by atoms with Crippen LogP contribution in [0.15, 0.2) is 17.0 Å². The van der Waals surface area contributed by atoms with Crippen LogP contribution in [0.2, 0.25) is 0 Å². The standard InChI is InChI=1S/C8H6N2O3S/c1-13-8-5(4-9)7(14)3-2-6(8)10(11)12/h2-3,14H,1H3. The number of nitrogens with zero attached hydrogens (tertiary/aromatic N) is 2. The molecule has 5 nitrogen and oxygen atoms in total. The second-order valence-corrected chi connectivity index (χ2v) is 2.86. The fraction of sp³-hybridized carbons (Fsp3) is 0.125. The molecule has 1 aromatic rings. The first-order valence-corrected chi connectivity index (χ1v) is 4.01. The Balaban J connectivity index is 3.50. The number of hydrogen-bond donors (Lipinski definition) is 1. The molecule has 0 saturated carbocycles. The van der Waals surface area contributed by atoms with E-state index in [-0.39, 0.29) is 17.0 Å². The molecule has 0 fully saturated rings. The van der Waals surface area contributed by atoms with Gasteiger partial charge in [-0.3, -0.25) is 10.1 Å². The zero-order valence-electron chi connectivity index (χ0n) is 7.22. The van der Waals surface area contributed by atoms with Crippen molar-refractivity contribution in [1.29, 1.82) is 5.26 Å². The second-order valence-electron chi connectivity index (χ2n) is 2.38. The predicted molar refractivity (Wildman–Crippen MR) is 51.6 cm³/mol. The molecule has 0 aliphatic rings. The number of benzene rings is 1. The maximum absolute atomic E-state index is 10.6. The molecule has 0 radical (unpaired) electrons. The van der Waals surface area contributed by atoms with Crippen LogP contribution in [0.5, 0.6) is 5.75 Å². The van der Waals surface area contributed by atoms with E-state index in [4.69, 9.17) is 10.00 Å². The van der Waals surface area contributed by atoms with Crippen molar-refractivity contribution >= 4 is 18.3 Å². The van der Waals surface area contributed by atoms with Crippen LogP contribution >= 0.6 is 12.6 Å². The number of ether oxygens (including phenoxy) is 1. The minimum Gasteiger partial charge on any atom is -0.489 e. The molecule has 0 aliphatic carbocycles. The molecule has 0 aliphatic heterocycles. The molecule has 14 heavy (non-hydrogen) atoms. The normalized spacial score (nSPS) is 9.21. The van der Waals surface area contributed by atoms with Crippen molar-refractivity contribution in [2.24, 2.45) is 0 Å². The summed E-state index contributed by atoms with van der Waals surface area (Å²) < 4.78 is 4.80. The lowest BCUT2D eigenvalue weighted by Gasteiger charge is -2.04. The summed E-state index contributed by atoms with van der Waals surface area (Å²) in [4.78, 5) is 10.3. The molecular formula is C8H6N2O3S. The minimum absolute atomic E-state index is 0.0509. The molecule has 0 N–H and O–H groups in total. The van der Waals surface area contributed by atoms with Crippen LogP contribution in [0.4, 0.5) is 5.69 Å². The van der Waals surface area contributed by atoms with Crippen LogP contribution in [0.3, 0.4) is 0 Å². The van der Waals surface area contributed by atoms with Crippen LogP contribution in [-0.4, -0.2) is 12.0 Å². The van der Waals surface area contributed by atoms with Crippen molar-refractivity contribution in [2.45, 2.75) is 4.90 Å².